The summed E-state index contributed by atoms with van der Waals surface area (Å²) in [7, 11) is 0. The number of fused-ring (bicyclic) bond motifs is 1. The summed E-state index contributed by atoms with van der Waals surface area (Å²) < 4.78 is 0. The van der Waals surface area contributed by atoms with Crippen LogP contribution in [0.3, 0.4) is 0 Å². The largest absolute Gasteiger partial charge is 0.508 e. The number of phenolic OH excluding ortho intramolecular Hbond substituents is 1. The number of carbonyl (C=O) groups is 1. The van der Waals surface area contributed by atoms with E-state index < -0.39 is 5.91 Å². The van der Waals surface area contributed by atoms with Crippen molar-refractivity contribution in [3.05, 3.63) is 60.2 Å². The van der Waals surface area contributed by atoms with Crippen LogP contribution in [-0.4, -0.2) is 16.0 Å². The molecular formula is C16H12N2O2. The summed E-state index contributed by atoms with van der Waals surface area (Å²) >= 11 is 0. The van der Waals surface area contributed by atoms with Crippen molar-refractivity contribution in [3.63, 3.8) is 0 Å². The number of hydrogen-bond donors (Lipinski definition) is 2. The first-order chi connectivity index (χ1) is 9.65. The lowest BCUT2D eigenvalue weighted by Gasteiger charge is -2.06. The molecule has 1 aromatic heterocycles. The van der Waals surface area contributed by atoms with Gasteiger partial charge in [-0.2, -0.15) is 0 Å². The molecule has 0 bridgehead atoms. The molecule has 20 heavy (non-hydrogen) atoms. The zero-order valence-electron chi connectivity index (χ0n) is 10.6. The van der Waals surface area contributed by atoms with Crippen LogP contribution in [0.1, 0.15) is 10.4 Å². The molecule has 3 aromatic rings. The molecule has 1 amide bonds. The predicted octanol–water partition coefficient (Wildman–Crippen LogP) is 2.71. The van der Waals surface area contributed by atoms with E-state index in [4.69, 9.17) is 5.73 Å². The van der Waals surface area contributed by atoms with Crippen LogP contribution >= 0.6 is 0 Å². The number of rotatable bonds is 2. The molecule has 4 heteroatoms. The molecule has 0 unspecified atom stereocenters. The van der Waals surface area contributed by atoms with E-state index in [-0.39, 0.29) is 5.75 Å². The number of nitrogens with zero attached hydrogens (tertiary/aromatic N) is 1. The van der Waals surface area contributed by atoms with Crippen LogP contribution in [0, 0.1) is 0 Å². The van der Waals surface area contributed by atoms with Crippen molar-refractivity contribution in [3.8, 4) is 17.0 Å². The number of nitrogens with two attached hydrogens (primary N) is 1. The Morgan fingerprint density at radius 2 is 1.75 bits per heavy atom. The molecule has 1 heterocycles. The summed E-state index contributed by atoms with van der Waals surface area (Å²) in [6, 6.07) is 15.9. The lowest BCUT2D eigenvalue weighted by Crippen LogP contribution is -2.11. The topological polar surface area (TPSA) is 76.2 Å². The van der Waals surface area contributed by atoms with Crippen LogP contribution in [0.5, 0.6) is 5.75 Å². The molecule has 0 aliphatic carbocycles. The summed E-state index contributed by atoms with van der Waals surface area (Å²) in [4.78, 5) is 16.0. The fraction of sp³-hybridized carbons (Fsp3) is 0. The van der Waals surface area contributed by atoms with Crippen molar-refractivity contribution in [1.82, 2.24) is 4.98 Å². The highest BCUT2D eigenvalue weighted by molar-refractivity contribution is 6.05. The lowest BCUT2D eigenvalue weighted by molar-refractivity contribution is 0.100. The van der Waals surface area contributed by atoms with Gasteiger partial charge in [0.05, 0.1) is 16.8 Å². The number of pyridine rings is 1. The number of aromatic hydroxyl groups is 1. The van der Waals surface area contributed by atoms with E-state index in [1.165, 1.54) is 0 Å². The van der Waals surface area contributed by atoms with Gasteiger partial charge in [0.15, 0.2) is 0 Å². The second-order valence-corrected chi connectivity index (χ2v) is 4.48. The normalized spacial score (nSPS) is 10.6. The number of carbonyl (C=O) groups excluding carboxylic acids is 1. The molecule has 98 valence electrons. The Bertz CT molecular complexity index is 795. The van der Waals surface area contributed by atoms with Crippen molar-refractivity contribution in [2.45, 2.75) is 0 Å². The van der Waals surface area contributed by atoms with Gasteiger partial charge in [-0.3, -0.25) is 4.79 Å². The first kappa shape index (κ1) is 12.2. The van der Waals surface area contributed by atoms with Gasteiger partial charge < -0.3 is 10.8 Å². The monoisotopic (exact) mass is 264 g/mol. The number of hydrogen-bond acceptors (Lipinski definition) is 3. The third-order valence-corrected chi connectivity index (χ3v) is 3.15. The Kier molecular flexibility index (Phi) is 2.84. The molecule has 4 nitrogen and oxygen atoms in total. The van der Waals surface area contributed by atoms with E-state index in [1.807, 2.05) is 18.2 Å². The summed E-state index contributed by atoms with van der Waals surface area (Å²) in [6.45, 7) is 0. The van der Waals surface area contributed by atoms with E-state index in [0.717, 1.165) is 16.6 Å². The molecule has 0 saturated heterocycles. The van der Waals surface area contributed by atoms with Crippen molar-refractivity contribution >= 4 is 16.8 Å². The number of primary amides is 1. The maximum absolute atomic E-state index is 11.5. The fourth-order valence-corrected chi connectivity index (χ4v) is 2.14. The number of phenols is 1. The highest BCUT2D eigenvalue weighted by Gasteiger charge is 2.09. The fourth-order valence-electron chi connectivity index (χ4n) is 2.14. The van der Waals surface area contributed by atoms with Crippen LogP contribution < -0.4 is 5.73 Å². The van der Waals surface area contributed by atoms with Gasteiger partial charge in [0, 0.05) is 10.9 Å². The van der Waals surface area contributed by atoms with Crippen molar-refractivity contribution in [1.29, 1.82) is 0 Å². The number of aromatic nitrogens is 1. The second kappa shape index (κ2) is 4.66. The lowest BCUT2D eigenvalue weighted by atomic mass is 10.1. The Hall–Kier alpha value is -2.88. The van der Waals surface area contributed by atoms with Crippen LogP contribution in [-0.2, 0) is 0 Å². The third kappa shape index (κ3) is 2.07. The van der Waals surface area contributed by atoms with E-state index in [0.29, 0.717) is 11.1 Å². The van der Waals surface area contributed by atoms with Gasteiger partial charge in [0.1, 0.15) is 5.75 Å². The maximum atomic E-state index is 11.5. The molecule has 0 fully saturated rings. The molecule has 3 N–H and O–H groups in total. The zero-order valence-corrected chi connectivity index (χ0v) is 10.6. The molecule has 2 aromatic carbocycles. The average Bonchev–Trinajstić information content (AvgIpc) is 2.46. The van der Waals surface area contributed by atoms with Crippen molar-refractivity contribution < 1.29 is 9.90 Å². The minimum atomic E-state index is -0.494. The van der Waals surface area contributed by atoms with Gasteiger partial charge in [-0.1, -0.05) is 18.2 Å². The molecule has 0 aliphatic heterocycles. The Balaban J connectivity index is 2.21. The quantitative estimate of drug-likeness (QED) is 0.747. The average molecular weight is 264 g/mol. The molecule has 0 saturated carbocycles. The summed E-state index contributed by atoms with van der Waals surface area (Å²) in [6.07, 6.45) is 0. The molecule has 0 aliphatic rings. The molecule has 3 rings (SSSR count). The van der Waals surface area contributed by atoms with E-state index in [9.17, 15) is 9.90 Å². The van der Waals surface area contributed by atoms with E-state index >= 15 is 0 Å². The third-order valence-electron chi connectivity index (χ3n) is 3.15. The Morgan fingerprint density at radius 3 is 2.45 bits per heavy atom. The highest BCUT2D eigenvalue weighted by atomic mass is 16.3. The first-order valence-electron chi connectivity index (χ1n) is 6.14. The number of amides is 1. The van der Waals surface area contributed by atoms with Gasteiger partial charge >= 0.3 is 0 Å². The SMILES string of the molecule is NC(=O)c1cccc2ccc(-c3ccc(O)cc3)nc12. The number of para-hydroxylation sites is 1. The number of benzene rings is 2. The maximum Gasteiger partial charge on any atom is 0.250 e. The van der Waals surface area contributed by atoms with Crippen LogP contribution in [0.25, 0.3) is 22.2 Å². The summed E-state index contributed by atoms with van der Waals surface area (Å²) in [5.74, 6) is -0.293. The molecule has 0 atom stereocenters. The second-order valence-electron chi connectivity index (χ2n) is 4.48. The highest BCUT2D eigenvalue weighted by Crippen LogP contribution is 2.24. The van der Waals surface area contributed by atoms with Crippen LogP contribution in [0.4, 0.5) is 0 Å². The van der Waals surface area contributed by atoms with E-state index in [1.54, 1.807) is 36.4 Å². The Labute approximate surface area is 115 Å². The summed E-state index contributed by atoms with van der Waals surface area (Å²) in [5.41, 5.74) is 7.96. The predicted molar refractivity (Wildman–Crippen MR) is 77.4 cm³/mol. The van der Waals surface area contributed by atoms with Gasteiger partial charge in [0.2, 0.25) is 0 Å². The van der Waals surface area contributed by atoms with Gasteiger partial charge in [-0.25, -0.2) is 4.98 Å². The van der Waals surface area contributed by atoms with E-state index in [2.05, 4.69) is 4.98 Å². The minimum absolute atomic E-state index is 0.201. The van der Waals surface area contributed by atoms with Crippen LogP contribution in [0.15, 0.2) is 54.6 Å². The standard InChI is InChI=1S/C16H12N2O2/c17-16(20)13-3-1-2-11-6-9-14(18-15(11)13)10-4-7-12(19)8-5-10/h1-9,19H,(H2,17,20). The molecular weight excluding hydrogens is 252 g/mol. The molecule has 0 spiro atoms. The van der Waals surface area contributed by atoms with Gasteiger partial charge in [0.25, 0.3) is 5.91 Å². The minimum Gasteiger partial charge on any atom is -0.508 e. The zero-order chi connectivity index (χ0) is 14.1. The van der Waals surface area contributed by atoms with Gasteiger partial charge in [-0.15, -0.1) is 0 Å². The van der Waals surface area contributed by atoms with Crippen LogP contribution in [0.2, 0.25) is 0 Å². The van der Waals surface area contributed by atoms with Gasteiger partial charge in [-0.05, 0) is 36.4 Å². The van der Waals surface area contributed by atoms with Crippen molar-refractivity contribution in [2.24, 2.45) is 5.73 Å². The molecule has 0 radical (unpaired) electrons. The van der Waals surface area contributed by atoms with Crippen molar-refractivity contribution in [2.75, 3.05) is 0 Å². The first-order valence-corrected chi connectivity index (χ1v) is 6.14. The smallest absolute Gasteiger partial charge is 0.250 e. The Morgan fingerprint density at radius 1 is 1.00 bits per heavy atom. The summed E-state index contributed by atoms with van der Waals surface area (Å²) in [5, 5.41) is 10.2.